The SMILES string of the molecule is C1=CC2=C3N=CC=CC3C2=C1. The van der Waals surface area contributed by atoms with Crippen molar-refractivity contribution in [2.75, 3.05) is 0 Å². The molecule has 0 amide bonds. The first-order valence-electron chi connectivity index (χ1n) is 3.80. The Kier molecular flexibility index (Phi) is 0.779. The van der Waals surface area contributed by atoms with Gasteiger partial charge in [0.25, 0.3) is 0 Å². The molecule has 1 aliphatic heterocycles. The molecule has 0 spiro atoms. The number of aliphatic imine (C=N–C) groups is 1. The average molecular weight is 141 g/mol. The Labute approximate surface area is 65.1 Å². The van der Waals surface area contributed by atoms with Crippen LogP contribution < -0.4 is 0 Å². The van der Waals surface area contributed by atoms with Gasteiger partial charge < -0.3 is 0 Å². The fraction of sp³-hybridized carbons (Fsp3) is 0.100. The Balaban J connectivity index is 2.24. The summed E-state index contributed by atoms with van der Waals surface area (Å²) in [5, 5.41) is 0. The van der Waals surface area contributed by atoms with Crippen LogP contribution in [0.2, 0.25) is 0 Å². The Morgan fingerprint density at radius 1 is 1.27 bits per heavy atom. The van der Waals surface area contributed by atoms with Crippen molar-refractivity contribution in [2.24, 2.45) is 10.9 Å². The molecule has 52 valence electrons. The van der Waals surface area contributed by atoms with Crippen LogP contribution in [0.1, 0.15) is 0 Å². The third-order valence-corrected chi connectivity index (χ3v) is 2.36. The minimum Gasteiger partial charge on any atom is -0.260 e. The third kappa shape index (κ3) is 0.497. The zero-order chi connectivity index (χ0) is 7.26. The van der Waals surface area contributed by atoms with Crippen LogP contribution in [-0.2, 0) is 0 Å². The van der Waals surface area contributed by atoms with Crippen molar-refractivity contribution < 1.29 is 0 Å². The summed E-state index contributed by atoms with van der Waals surface area (Å²) in [4.78, 5) is 4.32. The second-order valence-electron chi connectivity index (χ2n) is 2.92. The predicted octanol–water partition coefficient (Wildman–Crippen LogP) is 2.01. The van der Waals surface area contributed by atoms with E-state index in [0.717, 1.165) is 0 Å². The van der Waals surface area contributed by atoms with E-state index in [2.05, 4.69) is 29.3 Å². The maximum absolute atomic E-state index is 4.32. The molecule has 0 saturated heterocycles. The summed E-state index contributed by atoms with van der Waals surface area (Å²) in [7, 11) is 0. The van der Waals surface area contributed by atoms with Crippen molar-refractivity contribution >= 4 is 6.21 Å². The highest BCUT2D eigenvalue weighted by atomic mass is 14.8. The van der Waals surface area contributed by atoms with E-state index >= 15 is 0 Å². The number of hydrogen-bond donors (Lipinski definition) is 0. The summed E-state index contributed by atoms with van der Waals surface area (Å²) < 4.78 is 0. The van der Waals surface area contributed by atoms with Crippen LogP contribution in [0.5, 0.6) is 0 Å². The van der Waals surface area contributed by atoms with Crippen LogP contribution in [0.4, 0.5) is 0 Å². The third-order valence-electron chi connectivity index (χ3n) is 2.36. The molecule has 0 fully saturated rings. The van der Waals surface area contributed by atoms with Crippen molar-refractivity contribution in [3.63, 3.8) is 0 Å². The summed E-state index contributed by atoms with van der Waals surface area (Å²) in [5.41, 5.74) is 4.02. The topological polar surface area (TPSA) is 12.4 Å². The minimum absolute atomic E-state index is 0.505. The standard InChI is InChI=1S/C10H7N/c1-3-7-8(4-1)10-9(7)5-2-6-11-10/h1-6,9H. The Morgan fingerprint density at radius 2 is 2.27 bits per heavy atom. The summed E-state index contributed by atoms with van der Waals surface area (Å²) in [5.74, 6) is 0.505. The lowest BCUT2D eigenvalue weighted by Crippen LogP contribution is -2.18. The van der Waals surface area contributed by atoms with Crippen molar-refractivity contribution in [3.8, 4) is 0 Å². The van der Waals surface area contributed by atoms with Gasteiger partial charge in [0, 0.05) is 17.7 Å². The van der Waals surface area contributed by atoms with Crippen LogP contribution in [-0.4, -0.2) is 6.21 Å². The molecular weight excluding hydrogens is 134 g/mol. The zero-order valence-electron chi connectivity index (χ0n) is 5.99. The second-order valence-corrected chi connectivity index (χ2v) is 2.92. The Morgan fingerprint density at radius 3 is 3.27 bits per heavy atom. The van der Waals surface area contributed by atoms with E-state index in [9.17, 15) is 0 Å². The molecule has 0 aromatic rings. The van der Waals surface area contributed by atoms with Crippen LogP contribution >= 0.6 is 0 Å². The average Bonchev–Trinajstić information content (AvgIpc) is 2.44. The van der Waals surface area contributed by atoms with E-state index in [4.69, 9.17) is 0 Å². The Hall–Kier alpha value is -1.37. The van der Waals surface area contributed by atoms with E-state index < -0.39 is 0 Å². The molecule has 0 saturated carbocycles. The molecule has 0 bridgehead atoms. The van der Waals surface area contributed by atoms with E-state index in [1.807, 2.05) is 12.3 Å². The van der Waals surface area contributed by atoms with Gasteiger partial charge in [0.2, 0.25) is 0 Å². The van der Waals surface area contributed by atoms with Gasteiger partial charge in [-0.3, -0.25) is 4.99 Å². The number of dihydropyridines is 1. The van der Waals surface area contributed by atoms with Crippen molar-refractivity contribution in [2.45, 2.75) is 0 Å². The number of allylic oxidation sites excluding steroid dienone is 6. The fourth-order valence-electron chi connectivity index (χ4n) is 1.80. The highest BCUT2D eigenvalue weighted by Crippen LogP contribution is 2.46. The summed E-state index contributed by atoms with van der Waals surface area (Å²) >= 11 is 0. The Bertz CT molecular complexity index is 364. The molecule has 1 unspecified atom stereocenters. The smallest absolute Gasteiger partial charge is 0.0591 e. The fourth-order valence-corrected chi connectivity index (χ4v) is 1.80. The molecule has 0 N–H and O–H groups in total. The van der Waals surface area contributed by atoms with Gasteiger partial charge in [0.15, 0.2) is 0 Å². The normalized spacial score (nSPS) is 29.8. The van der Waals surface area contributed by atoms with Crippen LogP contribution in [0, 0.1) is 5.92 Å². The number of nitrogens with zero attached hydrogens (tertiary/aromatic N) is 1. The molecule has 0 aromatic heterocycles. The van der Waals surface area contributed by atoms with Crippen LogP contribution in [0.15, 0.2) is 52.2 Å². The van der Waals surface area contributed by atoms with Gasteiger partial charge >= 0.3 is 0 Å². The molecule has 11 heavy (non-hydrogen) atoms. The summed E-state index contributed by atoms with van der Waals surface area (Å²) in [6.07, 6.45) is 12.5. The molecule has 1 heteroatoms. The predicted molar refractivity (Wildman–Crippen MR) is 45.4 cm³/mol. The van der Waals surface area contributed by atoms with Gasteiger partial charge in [0.1, 0.15) is 0 Å². The highest BCUT2D eigenvalue weighted by molar-refractivity contribution is 5.79. The van der Waals surface area contributed by atoms with Crippen molar-refractivity contribution in [1.29, 1.82) is 0 Å². The first-order valence-corrected chi connectivity index (χ1v) is 3.80. The van der Waals surface area contributed by atoms with Crippen molar-refractivity contribution in [1.82, 2.24) is 0 Å². The number of hydrogen-bond acceptors (Lipinski definition) is 1. The van der Waals surface area contributed by atoms with E-state index in [0.29, 0.717) is 5.92 Å². The van der Waals surface area contributed by atoms with E-state index in [-0.39, 0.29) is 0 Å². The zero-order valence-corrected chi connectivity index (χ0v) is 5.99. The summed E-state index contributed by atoms with van der Waals surface area (Å²) in [6, 6.07) is 0. The molecule has 1 nitrogen and oxygen atoms in total. The first kappa shape index (κ1) is 5.30. The number of fused-ring (bicyclic) bond motifs is 3. The van der Waals surface area contributed by atoms with E-state index in [1.165, 1.54) is 16.8 Å². The summed E-state index contributed by atoms with van der Waals surface area (Å²) in [6.45, 7) is 0. The molecule has 3 aliphatic rings. The largest absolute Gasteiger partial charge is 0.260 e. The maximum Gasteiger partial charge on any atom is 0.0591 e. The molecule has 2 aliphatic carbocycles. The lowest BCUT2D eigenvalue weighted by molar-refractivity contribution is 0.806. The first-order chi connectivity index (χ1) is 5.47. The van der Waals surface area contributed by atoms with Crippen LogP contribution in [0.3, 0.4) is 0 Å². The van der Waals surface area contributed by atoms with Gasteiger partial charge in [-0.15, -0.1) is 0 Å². The molecule has 3 rings (SSSR count). The van der Waals surface area contributed by atoms with Gasteiger partial charge in [-0.25, -0.2) is 0 Å². The minimum atomic E-state index is 0.505. The van der Waals surface area contributed by atoms with Crippen molar-refractivity contribution in [3.05, 3.63) is 47.2 Å². The molecule has 1 atom stereocenters. The van der Waals surface area contributed by atoms with Crippen LogP contribution in [0.25, 0.3) is 0 Å². The van der Waals surface area contributed by atoms with Gasteiger partial charge in [-0.05, 0) is 11.6 Å². The monoisotopic (exact) mass is 141 g/mol. The quantitative estimate of drug-likeness (QED) is 0.489. The highest BCUT2D eigenvalue weighted by Gasteiger charge is 2.33. The molecule has 1 heterocycles. The number of rotatable bonds is 0. The second kappa shape index (κ2) is 1.62. The lowest BCUT2D eigenvalue weighted by atomic mass is 9.78. The molecular formula is C10H7N. The van der Waals surface area contributed by atoms with Gasteiger partial charge in [-0.2, -0.15) is 0 Å². The molecule has 0 radical (unpaired) electrons. The molecule has 0 aromatic carbocycles. The maximum atomic E-state index is 4.32. The van der Waals surface area contributed by atoms with Gasteiger partial charge in [-0.1, -0.05) is 24.3 Å². The van der Waals surface area contributed by atoms with Gasteiger partial charge in [0.05, 0.1) is 5.70 Å². The van der Waals surface area contributed by atoms with E-state index in [1.54, 1.807) is 0 Å². The lowest BCUT2D eigenvalue weighted by Gasteiger charge is -2.30.